The van der Waals surface area contributed by atoms with Gasteiger partial charge in [-0.05, 0) is 24.6 Å². The number of hydrogen-bond acceptors (Lipinski definition) is 1. The summed E-state index contributed by atoms with van der Waals surface area (Å²) in [7, 11) is 0. The van der Waals surface area contributed by atoms with Crippen molar-refractivity contribution in [2.45, 2.75) is 6.92 Å². The van der Waals surface area contributed by atoms with Gasteiger partial charge in [-0.1, -0.05) is 0 Å². The molecular formula is C8H7N2. The topological polar surface area (TPSA) is 28.7 Å². The second-order valence-corrected chi connectivity index (χ2v) is 2.31. The Morgan fingerprint density at radius 2 is 2.50 bits per heavy atom. The van der Waals surface area contributed by atoms with Crippen LogP contribution < -0.4 is 0 Å². The van der Waals surface area contributed by atoms with E-state index >= 15 is 0 Å². The van der Waals surface area contributed by atoms with E-state index in [0.29, 0.717) is 0 Å². The zero-order valence-electron chi connectivity index (χ0n) is 5.68. The van der Waals surface area contributed by atoms with E-state index in [2.05, 4.69) is 16.0 Å². The number of aryl methyl sites for hydroxylation is 1. The number of hydrogen-bond donors (Lipinski definition) is 1. The van der Waals surface area contributed by atoms with Gasteiger partial charge in [0.1, 0.15) is 5.65 Å². The fraction of sp³-hybridized carbons (Fsp3) is 0.125. The molecular weight excluding hydrogens is 124 g/mol. The maximum atomic E-state index is 4.15. The molecule has 1 radical (unpaired) electrons. The van der Waals surface area contributed by atoms with Gasteiger partial charge in [-0.25, -0.2) is 4.98 Å². The minimum absolute atomic E-state index is 0.908. The Morgan fingerprint density at radius 3 is 3.40 bits per heavy atom. The van der Waals surface area contributed by atoms with Gasteiger partial charge in [-0.15, -0.1) is 0 Å². The molecule has 0 saturated carbocycles. The number of rotatable bonds is 0. The van der Waals surface area contributed by atoms with Crippen molar-refractivity contribution < 1.29 is 0 Å². The molecule has 2 heterocycles. The van der Waals surface area contributed by atoms with Gasteiger partial charge in [0.2, 0.25) is 0 Å². The number of nitrogens with one attached hydrogen (secondary N) is 1. The van der Waals surface area contributed by atoms with Crippen LogP contribution in [0.25, 0.3) is 11.0 Å². The summed E-state index contributed by atoms with van der Waals surface area (Å²) in [5.41, 5.74) is 1.98. The van der Waals surface area contributed by atoms with Crippen molar-refractivity contribution in [3.63, 3.8) is 0 Å². The van der Waals surface area contributed by atoms with Crippen molar-refractivity contribution in [1.82, 2.24) is 9.97 Å². The highest BCUT2D eigenvalue weighted by Gasteiger charge is 1.93. The van der Waals surface area contributed by atoms with Crippen molar-refractivity contribution in [2.24, 2.45) is 0 Å². The van der Waals surface area contributed by atoms with Crippen molar-refractivity contribution in [2.75, 3.05) is 0 Å². The van der Waals surface area contributed by atoms with E-state index in [4.69, 9.17) is 0 Å². The second-order valence-electron chi connectivity index (χ2n) is 2.31. The third-order valence-electron chi connectivity index (χ3n) is 1.44. The third-order valence-corrected chi connectivity index (χ3v) is 1.44. The molecule has 0 amide bonds. The van der Waals surface area contributed by atoms with Crippen LogP contribution in [-0.4, -0.2) is 9.97 Å². The Balaban J connectivity index is 2.86. The average molecular weight is 131 g/mol. The van der Waals surface area contributed by atoms with Gasteiger partial charge in [0.05, 0.1) is 0 Å². The van der Waals surface area contributed by atoms with Crippen LogP contribution in [0.1, 0.15) is 5.56 Å². The lowest BCUT2D eigenvalue weighted by atomic mass is 10.2. The van der Waals surface area contributed by atoms with Crippen LogP contribution in [0.3, 0.4) is 0 Å². The summed E-state index contributed by atoms with van der Waals surface area (Å²) in [6, 6.07) is 5.14. The van der Waals surface area contributed by atoms with Gasteiger partial charge < -0.3 is 4.98 Å². The molecule has 49 valence electrons. The first-order chi connectivity index (χ1) is 4.86. The summed E-state index contributed by atoms with van der Waals surface area (Å²) in [4.78, 5) is 7.16. The fourth-order valence-corrected chi connectivity index (χ4v) is 0.974. The number of aromatic nitrogens is 2. The van der Waals surface area contributed by atoms with E-state index in [1.165, 1.54) is 0 Å². The van der Waals surface area contributed by atoms with E-state index in [9.17, 15) is 0 Å². The molecule has 0 saturated heterocycles. The number of fused-ring (bicyclic) bond motifs is 1. The molecule has 0 unspecified atom stereocenters. The molecule has 2 aromatic rings. The minimum atomic E-state index is 0.908. The van der Waals surface area contributed by atoms with Crippen molar-refractivity contribution >= 4 is 11.0 Å². The first kappa shape index (κ1) is 5.47. The molecule has 2 heteroatoms. The van der Waals surface area contributed by atoms with Gasteiger partial charge >= 0.3 is 0 Å². The third kappa shape index (κ3) is 0.692. The van der Waals surface area contributed by atoms with E-state index in [-0.39, 0.29) is 0 Å². The smallest absolute Gasteiger partial charge is 0.137 e. The molecule has 0 aromatic carbocycles. The minimum Gasteiger partial charge on any atom is -0.346 e. The van der Waals surface area contributed by atoms with Gasteiger partial charge in [-0.2, -0.15) is 0 Å². The molecule has 10 heavy (non-hydrogen) atoms. The summed E-state index contributed by atoms with van der Waals surface area (Å²) in [5.74, 6) is 0. The summed E-state index contributed by atoms with van der Waals surface area (Å²) in [6.07, 6.45) is 3.67. The van der Waals surface area contributed by atoms with E-state index in [0.717, 1.165) is 16.6 Å². The monoisotopic (exact) mass is 131 g/mol. The standard InChI is InChI=1S/C8H7N2/c1-6-4-7-2-3-9-8(7)10-5-6/h2-3,5H,1H3,(H,9,10). The maximum Gasteiger partial charge on any atom is 0.137 e. The van der Waals surface area contributed by atoms with Gasteiger partial charge in [-0.3, -0.25) is 0 Å². The van der Waals surface area contributed by atoms with Crippen LogP contribution in [0.15, 0.2) is 18.5 Å². The first-order valence-electron chi connectivity index (χ1n) is 3.18. The molecule has 2 nitrogen and oxygen atoms in total. The molecule has 1 N–H and O–H groups in total. The van der Waals surface area contributed by atoms with Crippen LogP contribution in [0.5, 0.6) is 0 Å². The van der Waals surface area contributed by atoms with E-state index in [1.54, 1.807) is 6.20 Å². The van der Waals surface area contributed by atoms with Crippen molar-refractivity contribution in [3.8, 4) is 0 Å². The van der Waals surface area contributed by atoms with E-state index in [1.807, 2.05) is 19.2 Å². The largest absolute Gasteiger partial charge is 0.346 e. The van der Waals surface area contributed by atoms with Gasteiger partial charge in [0.25, 0.3) is 0 Å². The molecule has 0 aliphatic rings. The lowest BCUT2D eigenvalue weighted by Crippen LogP contribution is -1.77. The van der Waals surface area contributed by atoms with Crippen LogP contribution in [0.2, 0.25) is 0 Å². The fourth-order valence-electron chi connectivity index (χ4n) is 0.974. The van der Waals surface area contributed by atoms with E-state index < -0.39 is 0 Å². The molecule has 0 bridgehead atoms. The highest BCUT2D eigenvalue weighted by Crippen LogP contribution is 2.08. The molecule has 0 fully saturated rings. The summed E-state index contributed by atoms with van der Waals surface area (Å²) < 4.78 is 0. The Hall–Kier alpha value is -1.31. The maximum absolute atomic E-state index is 4.15. The predicted molar refractivity (Wildman–Crippen MR) is 39.7 cm³/mol. The molecule has 0 spiro atoms. The Bertz CT molecular complexity index is 349. The highest BCUT2D eigenvalue weighted by atomic mass is 14.8. The average Bonchev–Trinajstić information content (AvgIpc) is 2.33. The molecule has 0 atom stereocenters. The normalized spacial score (nSPS) is 10.5. The zero-order chi connectivity index (χ0) is 6.97. The molecule has 0 aliphatic carbocycles. The first-order valence-corrected chi connectivity index (χ1v) is 3.18. The van der Waals surface area contributed by atoms with Crippen LogP contribution in [0.4, 0.5) is 0 Å². The van der Waals surface area contributed by atoms with Crippen molar-refractivity contribution in [1.29, 1.82) is 0 Å². The molecule has 2 rings (SSSR count). The number of nitrogens with zero attached hydrogens (tertiary/aromatic N) is 1. The lowest BCUT2D eigenvalue weighted by Gasteiger charge is -1.88. The summed E-state index contributed by atoms with van der Waals surface area (Å²) in [5, 5.41) is 1.06. The Labute approximate surface area is 58.9 Å². The summed E-state index contributed by atoms with van der Waals surface area (Å²) in [6.45, 7) is 1.99. The molecule has 0 aliphatic heterocycles. The van der Waals surface area contributed by atoms with Gasteiger partial charge in [0, 0.05) is 17.8 Å². The molecule has 2 aromatic heterocycles. The highest BCUT2D eigenvalue weighted by molar-refractivity contribution is 5.74. The van der Waals surface area contributed by atoms with Crippen LogP contribution in [-0.2, 0) is 0 Å². The Morgan fingerprint density at radius 1 is 1.60 bits per heavy atom. The Kier molecular flexibility index (Phi) is 1.01. The quantitative estimate of drug-likeness (QED) is 0.578. The van der Waals surface area contributed by atoms with Crippen molar-refractivity contribution in [3.05, 3.63) is 30.1 Å². The van der Waals surface area contributed by atoms with Gasteiger partial charge in [0.15, 0.2) is 0 Å². The number of pyridine rings is 1. The SMILES string of the molecule is Cc1[c]c2cc[nH]c2nc1. The second kappa shape index (κ2) is 1.84. The summed E-state index contributed by atoms with van der Waals surface area (Å²) >= 11 is 0. The lowest BCUT2D eigenvalue weighted by molar-refractivity contribution is 1.28. The zero-order valence-corrected chi connectivity index (χ0v) is 5.68. The number of H-pyrrole nitrogens is 1. The van der Waals surface area contributed by atoms with Crippen LogP contribution in [0, 0.1) is 13.0 Å². The predicted octanol–water partition coefficient (Wildman–Crippen LogP) is 1.67. The van der Waals surface area contributed by atoms with Crippen LogP contribution >= 0.6 is 0 Å². The number of aromatic amines is 1.